The predicted octanol–water partition coefficient (Wildman–Crippen LogP) is 4.59. The Bertz CT molecular complexity index is 1220. The molecule has 0 atom stereocenters. The molecule has 178 valence electrons. The van der Waals surface area contributed by atoms with E-state index in [0.717, 1.165) is 43.7 Å². The van der Waals surface area contributed by atoms with Crippen molar-refractivity contribution in [3.8, 4) is 5.75 Å². The van der Waals surface area contributed by atoms with Gasteiger partial charge in [-0.3, -0.25) is 19.3 Å². The monoisotopic (exact) mass is 468 g/mol. The lowest BCUT2D eigenvalue weighted by Gasteiger charge is -2.32. The van der Waals surface area contributed by atoms with Crippen molar-refractivity contribution >= 4 is 17.7 Å². The van der Waals surface area contributed by atoms with Gasteiger partial charge in [-0.1, -0.05) is 36.4 Å². The zero-order valence-corrected chi connectivity index (χ0v) is 19.8. The van der Waals surface area contributed by atoms with Gasteiger partial charge in [-0.2, -0.15) is 0 Å². The van der Waals surface area contributed by atoms with Gasteiger partial charge in [0.05, 0.1) is 24.8 Å². The second kappa shape index (κ2) is 9.74. The minimum Gasteiger partial charge on any atom is -0.497 e. The van der Waals surface area contributed by atoms with E-state index in [0.29, 0.717) is 22.6 Å². The number of fused-ring (bicyclic) bond motifs is 1. The Labute approximate surface area is 205 Å². The number of methoxy groups -OCH3 is 1. The molecule has 6 nitrogen and oxygen atoms in total. The van der Waals surface area contributed by atoms with Crippen LogP contribution in [0.3, 0.4) is 0 Å². The number of amides is 3. The highest BCUT2D eigenvalue weighted by Crippen LogP contribution is 2.26. The maximum absolute atomic E-state index is 13.2. The van der Waals surface area contributed by atoms with E-state index in [-0.39, 0.29) is 24.3 Å². The van der Waals surface area contributed by atoms with Crippen molar-refractivity contribution in [2.45, 2.75) is 25.8 Å². The van der Waals surface area contributed by atoms with Crippen molar-refractivity contribution in [3.05, 3.63) is 101 Å². The van der Waals surface area contributed by atoms with Crippen LogP contribution in [0.25, 0.3) is 0 Å². The van der Waals surface area contributed by atoms with Gasteiger partial charge in [-0.05, 0) is 72.7 Å². The van der Waals surface area contributed by atoms with Gasteiger partial charge in [0.25, 0.3) is 17.7 Å². The second-order valence-corrected chi connectivity index (χ2v) is 9.23. The lowest BCUT2D eigenvalue weighted by molar-refractivity contribution is 0.0641. The summed E-state index contributed by atoms with van der Waals surface area (Å²) < 4.78 is 5.23. The van der Waals surface area contributed by atoms with Crippen molar-refractivity contribution in [3.63, 3.8) is 0 Å². The minimum atomic E-state index is -0.290. The zero-order chi connectivity index (χ0) is 24.4. The van der Waals surface area contributed by atoms with Gasteiger partial charge in [-0.15, -0.1) is 0 Å². The first-order valence-electron chi connectivity index (χ1n) is 12.0. The topological polar surface area (TPSA) is 66.9 Å². The van der Waals surface area contributed by atoms with Gasteiger partial charge in [0.15, 0.2) is 0 Å². The summed E-state index contributed by atoms with van der Waals surface area (Å²) in [5, 5.41) is 0. The average molecular weight is 469 g/mol. The third kappa shape index (κ3) is 4.69. The summed E-state index contributed by atoms with van der Waals surface area (Å²) in [5.74, 6) is 0.826. The second-order valence-electron chi connectivity index (χ2n) is 9.23. The molecule has 0 saturated carbocycles. The van der Waals surface area contributed by atoms with Crippen LogP contribution in [0, 0.1) is 5.92 Å². The number of piperidine rings is 1. The number of imide groups is 1. The molecule has 2 aliphatic heterocycles. The van der Waals surface area contributed by atoms with Gasteiger partial charge >= 0.3 is 0 Å². The van der Waals surface area contributed by atoms with Gasteiger partial charge < -0.3 is 9.64 Å². The molecule has 5 rings (SSSR count). The van der Waals surface area contributed by atoms with E-state index in [1.807, 2.05) is 29.2 Å². The normalized spacial score (nSPS) is 15.9. The van der Waals surface area contributed by atoms with Crippen molar-refractivity contribution in [2.75, 3.05) is 20.2 Å². The summed E-state index contributed by atoms with van der Waals surface area (Å²) >= 11 is 0. The quantitative estimate of drug-likeness (QED) is 0.497. The van der Waals surface area contributed by atoms with E-state index in [1.165, 1.54) is 10.5 Å². The van der Waals surface area contributed by atoms with Crippen LogP contribution in [0.2, 0.25) is 0 Å². The summed E-state index contributed by atoms with van der Waals surface area (Å²) in [6.45, 7) is 1.60. The number of carbonyl (C=O) groups excluding carboxylic acids is 3. The number of hydrogen-bond donors (Lipinski definition) is 0. The molecule has 3 amide bonds. The first-order valence-corrected chi connectivity index (χ1v) is 12.0. The predicted molar refractivity (Wildman–Crippen MR) is 132 cm³/mol. The highest BCUT2D eigenvalue weighted by atomic mass is 16.5. The van der Waals surface area contributed by atoms with E-state index < -0.39 is 0 Å². The fourth-order valence-electron chi connectivity index (χ4n) is 4.99. The third-order valence-electron chi connectivity index (χ3n) is 6.98. The molecule has 2 aliphatic rings. The molecule has 0 bridgehead atoms. The molecule has 3 aromatic rings. The van der Waals surface area contributed by atoms with E-state index in [1.54, 1.807) is 43.5 Å². The molecule has 0 N–H and O–H groups in total. The maximum Gasteiger partial charge on any atom is 0.261 e. The van der Waals surface area contributed by atoms with Crippen molar-refractivity contribution < 1.29 is 19.1 Å². The van der Waals surface area contributed by atoms with Crippen LogP contribution < -0.4 is 4.74 Å². The summed E-state index contributed by atoms with van der Waals surface area (Å²) in [6.07, 6.45) is 2.93. The lowest BCUT2D eigenvalue weighted by Crippen LogP contribution is -2.39. The Morgan fingerprint density at radius 2 is 1.51 bits per heavy atom. The average Bonchev–Trinajstić information content (AvgIpc) is 3.14. The summed E-state index contributed by atoms with van der Waals surface area (Å²) in [7, 11) is 1.67. The fourth-order valence-corrected chi connectivity index (χ4v) is 4.99. The van der Waals surface area contributed by atoms with Crippen LogP contribution in [-0.2, 0) is 13.0 Å². The summed E-state index contributed by atoms with van der Waals surface area (Å²) in [5.41, 5.74) is 3.51. The molecule has 1 fully saturated rings. The molecule has 1 saturated heterocycles. The lowest BCUT2D eigenvalue weighted by atomic mass is 9.90. The molecule has 0 aliphatic carbocycles. The number of rotatable bonds is 6. The largest absolute Gasteiger partial charge is 0.497 e. The zero-order valence-electron chi connectivity index (χ0n) is 19.8. The molecule has 0 radical (unpaired) electrons. The van der Waals surface area contributed by atoms with Gasteiger partial charge in [-0.25, -0.2) is 0 Å². The van der Waals surface area contributed by atoms with Crippen LogP contribution in [0.15, 0.2) is 72.8 Å². The van der Waals surface area contributed by atoms with Gasteiger partial charge in [0.2, 0.25) is 0 Å². The molecular formula is C29H28N2O4. The SMILES string of the molecule is COc1ccc(CC2CCN(C(=O)c3cccc(CN4C(=O)c5ccccc5C4=O)c3)CC2)cc1. The van der Waals surface area contributed by atoms with E-state index in [4.69, 9.17) is 4.74 Å². The Hall–Kier alpha value is -3.93. The Morgan fingerprint density at radius 1 is 0.857 bits per heavy atom. The number of likely N-dealkylation sites (tertiary alicyclic amines) is 1. The first-order chi connectivity index (χ1) is 17.0. The number of benzene rings is 3. The number of carbonyl (C=O) groups is 3. The van der Waals surface area contributed by atoms with Crippen LogP contribution in [-0.4, -0.2) is 47.7 Å². The van der Waals surface area contributed by atoms with Crippen molar-refractivity contribution in [1.29, 1.82) is 0 Å². The fraction of sp³-hybridized carbons (Fsp3) is 0.276. The molecule has 0 aromatic heterocycles. The molecule has 2 heterocycles. The van der Waals surface area contributed by atoms with Crippen LogP contribution in [0.4, 0.5) is 0 Å². The highest BCUT2D eigenvalue weighted by molar-refractivity contribution is 6.21. The van der Waals surface area contributed by atoms with Crippen LogP contribution in [0.5, 0.6) is 5.75 Å². The van der Waals surface area contributed by atoms with E-state index >= 15 is 0 Å². The molecule has 35 heavy (non-hydrogen) atoms. The smallest absolute Gasteiger partial charge is 0.261 e. The number of ether oxygens (including phenoxy) is 1. The van der Waals surface area contributed by atoms with Crippen LogP contribution >= 0.6 is 0 Å². The number of nitrogens with zero attached hydrogens (tertiary/aromatic N) is 2. The molecule has 0 unspecified atom stereocenters. The van der Waals surface area contributed by atoms with E-state index in [9.17, 15) is 14.4 Å². The first kappa shape index (κ1) is 22.8. The maximum atomic E-state index is 13.2. The summed E-state index contributed by atoms with van der Waals surface area (Å²) in [4.78, 5) is 41.7. The molecule has 0 spiro atoms. The highest BCUT2D eigenvalue weighted by Gasteiger charge is 2.35. The van der Waals surface area contributed by atoms with Gasteiger partial charge in [0.1, 0.15) is 5.75 Å². The van der Waals surface area contributed by atoms with Crippen molar-refractivity contribution in [2.24, 2.45) is 5.92 Å². The van der Waals surface area contributed by atoms with Crippen LogP contribution in [0.1, 0.15) is 55.0 Å². The Balaban J connectivity index is 1.20. The van der Waals surface area contributed by atoms with Gasteiger partial charge in [0, 0.05) is 18.7 Å². The molecule has 3 aromatic carbocycles. The third-order valence-corrected chi connectivity index (χ3v) is 6.98. The number of hydrogen-bond acceptors (Lipinski definition) is 4. The molecule has 6 heteroatoms. The Morgan fingerprint density at radius 3 is 2.14 bits per heavy atom. The molecular weight excluding hydrogens is 440 g/mol. The standard InChI is InChI=1S/C29H28N2O4/c1-35-24-11-9-20(10-12-24)17-21-13-15-30(16-14-21)27(32)23-6-4-5-22(18-23)19-31-28(33)25-7-2-3-8-26(25)29(31)34/h2-12,18,21H,13-17,19H2,1H3. The summed E-state index contributed by atoms with van der Waals surface area (Å²) in [6, 6.07) is 22.3. The van der Waals surface area contributed by atoms with E-state index in [2.05, 4.69) is 12.1 Å². The van der Waals surface area contributed by atoms with Crippen molar-refractivity contribution in [1.82, 2.24) is 9.80 Å². The minimum absolute atomic E-state index is 0.00268. The Kier molecular flexibility index (Phi) is 6.36.